The highest BCUT2D eigenvalue weighted by atomic mass is 16.5. The first-order valence-corrected chi connectivity index (χ1v) is 7.40. The Labute approximate surface area is 111 Å². The van der Waals surface area contributed by atoms with Crippen molar-refractivity contribution in [2.75, 3.05) is 26.3 Å². The van der Waals surface area contributed by atoms with Gasteiger partial charge in [0.05, 0.1) is 6.54 Å². The van der Waals surface area contributed by atoms with Gasteiger partial charge in [-0.1, -0.05) is 26.2 Å². The summed E-state index contributed by atoms with van der Waals surface area (Å²) in [5.41, 5.74) is 0. The SMILES string of the molecule is CCCCOCCCNC(=O)CNC1CCCC1. The lowest BCUT2D eigenvalue weighted by Crippen LogP contribution is -2.38. The number of amides is 1. The fourth-order valence-corrected chi connectivity index (χ4v) is 2.18. The van der Waals surface area contributed by atoms with Gasteiger partial charge in [0.1, 0.15) is 0 Å². The summed E-state index contributed by atoms with van der Waals surface area (Å²) >= 11 is 0. The third-order valence-electron chi connectivity index (χ3n) is 3.34. The van der Waals surface area contributed by atoms with E-state index < -0.39 is 0 Å². The van der Waals surface area contributed by atoms with Crippen LogP contribution >= 0.6 is 0 Å². The van der Waals surface area contributed by atoms with E-state index in [4.69, 9.17) is 4.74 Å². The predicted molar refractivity (Wildman–Crippen MR) is 73.6 cm³/mol. The Morgan fingerprint density at radius 3 is 2.67 bits per heavy atom. The molecule has 1 saturated carbocycles. The van der Waals surface area contributed by atoms with E-state index in [-0.39, 0.29) is 5.91 Å². The Balaban J connectivity index is 1.84. The van der Waals surface area contributed by atoms with Crippen molar-refractivity contribution in [3.8, 4) is 0 Å². The molecule has 0 heterocycles. The molecule has 106 valence electrons. The van der Waals surface area contributed by atoms with Crippen molar-refractivity contribution < 1.29 is 9.53 Å². The second-order valence-corrected chi connectivity index (χ2v) is 5.03. The molecule has 0 aromatic carbocycles. The fraction of sp³-hybridized carbons (Fsp3) is 0.929. The quantitative estimate of drug-likeness (QED) is 0.586. The fourth-order valence-electron chi connectivity index (χ4n) is 2.18. The highest BCUT2D eigenvalue weighted by Crippen LogP contribution is 2.17. The van der Waals surface area contributed by atoms with Gasteiger partial charge < -0.3 is 15.4 Å². The van der Waals surface area contributed by atoms with Gasteiger partial charge in [-0.15, -0.1) is 0 Å². The molecule has 1 rings (SSSR count). The molecule has 0 aliphatic heterocycles. The number of hydrogen-bond donors (Lipinski definition) is 2. The third kappa shape index (κ3) is 7.67. The van der Waals surface area contributed by atoms with Crippen LogP contribution in [-0.4, -0.2) is 38.3 Å². The van der Waals surface area contributed by atoms with E-state index in [1.807, 2.05) is 0 Å². The monoisotopic (exact) mass is 256 g/mol. The molecule has 1 aliphatic carbocycles. The molecule has 1 amide bonds. The molecule has 0 spiro atoms. The van der Waals surface area contributed by atoms with Crippen molar-refractivity contribution in [1.82, 2.24) is 10.6 Å². The maximum absolute atomic E-state index is 11.5. The molecule has 0 bridgehead atoms. The van der Waals surface area contributed by atoms with Crippen LogP contribution < -0.4 is 10.6 Å². The molecule has 0 atom stereocenters. The second-order valence-electron chi connectivity index (χ2n) is 5.03. The Kier molecular flexibility index (Phi) is 8.86. The van der Waals surface area contributed by atoms with E-state index in [0.29, 0.717) is 12.6 Å². The summed E-state index contributed by atoms with van der Waals surface area (Å²) in [5, 5.41) is 6.22. The lowest BCUT2D eigenvalue weighted by Gasteiger charge is -2.11. The van der Waals surface area contributed by atoms with Gasteiger partial charge in [-0.05, 0) is 25.7 Å². The number of carbonyl (C=O) groups is 1. The Morgan fingerprint density at radius 2 is 1.94 bits per heavy atom. The first kappa shape index (κ1) is 15.4. The molecule has 2 N–H and O–H groups in total. The average molecular weight is 256 g/mol. The van der Waals surface area contributed by atoms with Gasteiger partial charge in [-0.25, -0.2) is 0 Å². The van der Waals surface area contributed by atoms with E-state index in [9.17, 15) is 4.79 Å². The first-order valence-electron chi connectivity index (χ1n) is 7.40. The van der Waals surface area contributed by atoms with Crippen LogP contribution in [-0.2, 0) is 9.53 Å². The van der Waals surface area contributed by atoms with Gasteiger partial charge in [0.2, 0.25) is 5.91 Å². The van der Waals surface area contributed by atoms with Gasteiger partial charge in [-0.2, -0.15) is 0 Å². The molecule has 0 aromatic rings. The number of nitrogens with one attached hydrogen (secondary N) is 2. The summed E-state index contributed by atoms with van der Waals surface area (Å²) in [6.07, 6.45) is 8.24. The van der Waals surface area contributed by atoms with Crippen molar-refractivity contribution >= 4 is 5.91 Å². The van der Waals surface area contributed by atoms with Crippen molar-refractivity contribution in [2.45, 2.75) is 57.9 Å². The number of hydrogen-bond acceptors (Lipinski definition) is 3. The molecule has 1 aliphatic rings. The maximum atomic E-state index is 11.5. The minimum Gasteiger partial charge on any atom is -0.381 e. The van der Waals surface area contributed by atoms with Crippen LogP contribution in [0.4, 0.5) is 0 Å². The number of ether oxygens (including phenoxy) is 1. The van der Waals surface area contributed by atoms with Crippen LogP contribution in [0.3, 0.4) is 0 Å². The summed E-state index contributed by atoms with van der Waals surface area (Å²) < 4.78 is 5.43. The van der Waals surface area contributed by atoms with Crippen LogP contribution in [0.25, 0.3) is 0 Å². The Bertz CT molecular complexity index is 216. The van der Waals surface area contributed by atoms with Gasteiger partial charge in [0.15, 0.2) is 0 Å². The van der Waals surface area contributed by atoms with Gasteiger partial charge in [0, 0.05) is 25.8 Å². The number of unbranched alkanes of at least 4 members (excludes halogenated alkanes) is 1. The summed E-state index contributed by atoms with van der Waals surface area (Å²) in [6, 6.07) is 0.563. The standard InChI is InChI=1S/C14H28N2O2/c1-2-3-10-18-11-6-9-15-14(17)12-16-13-7-4-5-8-13/h13,16H,2-12H2,1H3,(H,15,17). The second kappa shape index (κ2) is 10.3. The number of carbonyl (C=O) groups excluding carboxylic acids is 1. The van der Waals surface area contributed by atoms with Crippen LogP contribution in [0.1, 0.15) is 51.9 Å². The van der Waals surface area contributed by atoms with E-state index >= 15 is 0 Å². The lowest BCUT2D eigenvalue weighted by atomic mass is 10.2. The normalized spacial score (nSPS) is 16.1. The first-order chi connectivity index (χ1) is 8.83. The minimum absolute atomic E-state index is 0.107. The predicted octanol–water partition coefficient (Wildman–Crippen LogP) is 1.84. The topological polar surface area (TPSA) is 50.4 Å². The molecule has 0 aromatic heterocycles. The van der Waals surface area contributed by atoms with E-state index in [0.717, 1.165) is 32.6 Å². The smallest absolute Gasteiger partial charge is 0.233 e. The molecule has 0 radical (unpaired) electrons. The molecule has 1 fully saturated rings. The molecule has 0 unspecified atom stereocenters. The van der Waals surface area contributed by atoms with Crippen LogP contribution in [0, 0.1) is 0 Å². The molecular formula is C14H28N2O2. The average Bonchev–Trinajstić information content (AvgIpc) is 2.88. The van der Waals surface area contributed by atoms with Crippen molar-refractivity contribution in [1.29, 1.82) is 0 Å². The summed E-state index contributed by atoms with van der Waals surface area (Å²) in [6.45, 7) is 4.92. The molecule has 4 heteroatoms. The Morgan fingerprint density at radius 1 is 1.22 bits per heavy atom. The van der Waals surface area contributed by atoms with Crippen molar-refractivity contribution in [3.63, 3.8) is 0 Å². The van der Waals surface area contributed by atoms with E-state index in [2.05, 4.69) is 17.6 Å². The zero-order chi connectivity index (χ0) is 13.1. The van der Waals surface area contributed by atoms with Crippen LogP contribution in [0.15, 0.2) is 0 Å². The van der Waals surface area contributed by atoms with Gasteiger partial charge >= 0.3 is 0 Å². The molecule has 18 heavy (non-hydrogen) atoms. The maximum Gasteiger partial charge on any atom is 0.233 e. The molecule has 4 nitrogen and oxygen atoms in total. The molecular weight excluding hydrogens is 228 g/mol. The summed E-state index contributed by atoms with van der Waals surface area (Å²) in [7, 11) is 0. The lowest BCUT2D eigenvalue weighted by molar-refractivity contribution is -0.120. The molecule has 0 saturated heterocycles. The van der Waals surface area contributed by atoms with E-state index in [1.54, 1.807) is 0 Å². The highest BCUT2D eigenvalue weighted by Gasteiger charge is 2.14. The van der Waals surface area contributed by atoms with Crippen LogP contribution in [0.2, 0.25) is 0 Å². The summed E-state index contributed by atoms with van der Waals surface area (Å²) in [5.74, 6) is 0.107. The number of rotatable bonds is 10. The minimum atomic E-state index is 0.107. The third-order valence-corrected chi connectivity index (χ3v) is 3.34. The van der Waals surface area contributed by atoms with Gasteiger partial charge in [0.25, 0.3) is 0 Å². The van der Waals surface area contributed by atoms with Crippen molar-refractivity contribution in [3.05, 3.63) is 0 Å². The summed E-state index contributed by atoms with van der Waals surface area (Å²) in [4.78, 5) is 11.5. The Hall–Kier alpha value is -0.610. The zero-order valence-corrected chi connectivity index (χ0v) is 11.7. The van der Waals surface area contributed by atoms with E-state index in [1.165, 1.54) is 32.1 Å². The van der Waals surface area contributed by atoms with Crippen molar-refractivity contribution in [2.24, 2.45) is 0 Å². The largest absolute Gasteiger partial charge is 0.381 e. The zero-order valence-electron chi connectivity index (χ0n) is 11.7. The highest BCUT2D eigenvalue weighted by molar-refractivity contribution is 5.77. The van der Waals surface area contributed by atoms with Gasteiger partial charge in [-0.3, -0.25) is 4.79 Å². The van der Waals surface area contributed by atoms with Crippen LogP contribution in [0.5, 0.6) is 0 Å².